The van der Waals surface area contributed by atoms with Crippen molar-refractivity contribution in [3.8, 4) is 0 Å². The summed E-state index contributed by atoms with van der Waals surface area (Å²) in [6.07, 6.45) is 2.15. The van der Waals surface area contributed by atoms with Gasteiger partial charge in [-0.1, -0.05) is 60.7 Å². The van der Waals surface area contributed by atoms with Gasteiger partial charge in [-0.05, 0) is 36.8 Å². The first-order valence-electron chi connectivity index (χ1n) is 12.4. The summed E-state index contributed by atoms with van der Waals surface area (Å²) in [7, 11) is -4.12. The van der Waals surface area contributed by atoms with Crippen molar-refractivity contribution in [2.45, 2.75) is 44.2 Å². The van der Waals surface area contributed by atoms with Crippen LogP contribution in [0, 0.1) is 0 Å². The van der Waals surface area contributed by atoms with E-state index in [1.165, 1.54) is 0 Å². The molecule has 0 radical (unpaired) electrons. The van der Waals surface area contributed by atoms with Crippen molar-refractivity contribution in [1.29, 1.82) is 0 Å². The van der Waals surface area contributed by atoms with Gasteiger partial charge in [0, 0.05) is 31.7 Å². The molecule has 0 spiro atoms. The summed E-state index contributed by atoms with van der Waals surface area (Å²) < 4.78 is 16.7. The highest BCUT2D eigenvalue weighted by Crippen LogP contribution is 2.35. The number of ether oxygens (including phenoxy) is 1. The van der Waals surface area contributed by atoms with Crippen molar-refractivity contribution in [1.82, 2.24) is 15.5 Å². The van der Waals surface area contributed by atoms with E-state index in [9.17, 15) is 23.9 Å². The molecule has 9 nitrogen and oxygen atoms in total. The monoisotopic (exact) mass is 517 g/mol. The zero-order valence-electron chi connectivity index (χ0n) is 20.4. The average molecular weight is 518 g/mol. The minimum Gasteiger partial charge on any atom is -0.378 e. The maximum absolute atomic E-state index is 13.4. The molecule has 0 bridgehead atoms. The zero-order valence-corrected chi connectivity index (χ0v) is 21.3. The fraction of sp³-hybridized carbons (Fsp3) is 0.462. The molecule has 10 heteroatoms. The SMILES string of the molecule is O=C(N[C@H](CCCP(=O)(O)O)CCc1ccccc1)[C@H](Cc1ccccc1)NC(=O)N1CCOCC1. The highest BCUT2D eigenvalue weighted by atomic mass is 31.2. The lowest BCUT2D eigenvalue weighted by atomic mass is 10.0. The normalized spacial score (nSPS) is 15.7. The highest BCUT2D eigenvalue weighted by molar-refractivity contribution is 7.51. The van der Waals surface area contributed by atoms with Crippen LogP contribution < -0.4 is 10.6 Å². The molecule has 1 fully saturated rings. The number of amides is 3. The van der Waals surface area contributed by atoms with Crippen molar-refractivity contribution in [2.75, 3.05) is 32.5 Å². The first-order valence-corrected chi connectivity index (χ1v) is 14.2. The quantitative estimate of drug-likeness (QED) is 0.321. The molecule has 3 amide bonds. The Balaban J connectivity index is 1.69. The second-order valence-corrected chi connectivity index (χ2v) is 10.8. The number of hydrogen-bond donors (Lipinski definition) is 4. The highest BCUT2D eigenvalue weighted by Gasteiger charge is 2.27. The molecular formula is C26H36N3O6P. The summed E-state index contributed by atoms with van der Waals surface area (Å²) in [4.78, 5) is 46.5. The van der Waals surface area contributed by atoms with Crippen molar-refractivity contribution in [3.05, 3.63) is 71.8 Å². The lowest BCUT2D eigenvalue weighted by molar-refractivity contribution is -0.123. The molecule has 4 N–H and O–H groups in total. The Bertz CT molecular complexity index is 995. The molecule has 0 aliphatic carbocycles. The lowest BCUT2D eigenvalue weighted by Crippen LogP contribution is -2.55. The lowest BCUT2D eigenvalue weighted by Gasteiger charge is -2.30. The van der Waals surface area contributed by atoms with Gasteiger partial charge in [0.1, 0.15) is 6.04 Å². The molecule has 0 unspecified atom stereocenters. The van der Waals surface area contributed by atoms with Crippen molar-refractivity contribution >= 4 is 19.5 Å². The van der Waals surface area contributed by atoms with E-state index in [0.717, 1.165) is 11.1 Å². The van der Waals surface area contributed by atoms with E-state index >= 15 is 0 Å². The summed E-state index contributed by atoms with van der Waals surface area (Å²) in [5.74, 6) is -0.310. The molecule has 1 heterocycles. The van der Waals surface area contributed by atoms with Gasteiger partial charge in [-0.3, -0.25) is 9.36 Å². The molecule has 0 saturated carbocycles. The van der Waals surface area contributed by atoms with E-state index in [1.807, 2.05) is 60.7 Å². The van der Waals surface area contributed by atoms with Gasteiger partial charge in [0.2, 0.25) is 5.91 Å². The van der Waals surface area contributed by atoms with Crippen LogP contribution in [0.3, 0.4) is 0 Å². The summed E-state index contributed by atoms with van der Waals surface area (Å²) >= 11 is 0. The number of morpholine rings is 1. The van der Waals surface area contributed by atoms with Crippen LogP contribution in [0.1, 0.15) is 30.4 Å². The molecule has 0 aromatic heterocycles. The van der Waals surface area contributed by atoms with Crippen LogP contribution in [0.5, 0.6) is 0 Å². The predicted molar refractivity (Wildman–Crippen MR) is 138 cm³/mol. The van der Waals surface area contributed by atoms with Gasteiger partial charge in [0.25, 0.3) is 0 Å². The van der Waals surface area contributed by atoms with Crippen molar-refractivity contribution in [2.24, 2.45) is 0 Å². The van der Waals surface area contributed by atoms with Crippen LogP contribution in [0.2, 0.25) is 0 Å². The van der Waals surface area contributed by atoms with E-state index in [0.29, 0.717) is 52.0 Å². The Kier molecular flexibility index (Phi) is 10.9. The Hall–Kier alpha value is -2.71. The fourth-order valence-electron chi connectivity index (χ4n) is 4.19. The van der Waals surface area contributed by atoms with Gasteiger partial charge in [0.05, 0.1) is 13.2 Å². The molecule has 2 aromatic carbocycles. The second kappa shape index (κ2) is 14.1. The number of carbonyl (C=O) groups is 2. The van der Waals surface area contributed by atoms with Gasteiger partial charge in [-0.2, -0.15) is 0 Å². The first kappa shape index (κ1) is 27.9. The maximum atomic E-state index is 13.4. The number of carbonyl (C=O) groups excluding carboxylic acids is 2. The van der Waals surface area contributed by atoms with E-state index in [1.54, 1.807) is 4.90 Å². The molecule has 196 valence electrons. The first-order chi connectivity index (χ1) is 17.3. The van der Waals surface area contributed by atoms with Crippen LogP contribution in [-0.4, -0.2) is 71.2 Å². The van der Waals surface area contributed by atoms with Gasteiger partial charge in [0.15, 0.2) is 0 Å². The third-order valence-electron chi connectivity index (χ3n) is 6.17. The van der Waals surface area contributed by atoms with E-state index < -0.39 is 13.6 Å². The van der Waals surface area contributed by atoms with Crippen LogP contribution >= 0.6 is 7.60 Å². The molecule has 36 heavy (non-hydrogen) atoms. The van der Waals surface area contributed by atoms with E-state index in [4.69, 9.17) is 4.74 Å². The molecule has 1 aliphatic rings. The molecule has 3 rings (SSSR count). The Morgan fingerprint density at radius 1 is 0.917 bits per heavy atom. The van der Waals surface area contributed by atoms with E-state index in [2.05, 4.69) is 10.6 Å². The number of hydrogen-bond acceptors (Lipinski definition) is 4. The summed E-state index contributed by atoms with van der Waals surface area (Å²) in [6.45, 7) is 1.86. The predicted octanol–water partition coefficient (Wildman–Crippen LogP) is 2.72. The number of nitrogens with one attached hydrogen (secondary N) is 2. The molecular weight excluding hydrogens is 481 g/mol. The van der Waals surface area contributed by atoms with Crippen molar-refractivity contribution < 1.29 is 28.7 Å². The molecule has 1 aliphatic heterocycles. The minimum absolute atomic E-state index is 0.230. The standard InChI is InChI=1S/C26H36N3O6P/c30-25(27-23(12-7-19-36(32,33)34)14-13-21-8-3-1-4-9-21)24(20-22-10-5-2-6-11-22)28-26(31)29-15-17-35-18-16-29/h1-6,8-11,23-24H,7,12-20H2,(H,27,30)(H,28,31)(H2,32,33,34)/t23-,24+/m1/s1. The average Bonchev–Trinajstić information content (AvgIpc) is 2.87. The largest absolute Gasteiger partial charge is 0.378 e. The maximum Gasteiger partial charge on any atom is 0.325 e. The van der Waals surface area contributed by atoms with Gasteiger partial charge >= 0.3 is 13.6 Å². The number of aryl methyl sites for hydroxylation is 1. The third kappa shape index (κ3) is 10.1. The Morgan fingerprint density at radius 3 is 2.14 bits per heavy atom. The summed E-state index contributed by atoms with van der Waals surface area (Å²) in [5.41, 5.74) is 2.04. The number of urea groups is 1. The summed E-state index contributed by atoms with van der Waals surface area (Å²) in [6, 6.07) is 18.0. The number of benzene rings is 2. The zero-order chi connectivity index (χ0) is 25.8. The fourth-order valence-corrected chi connectivity index (χ4v) is 4.78. The van der Waals surface area contributed by atoms with Crippen molar-refractivity contribution in [3.63, 3.8) is 0 Å². The second-order valence-electron chi connectivity index (χ2n) is 9.05. The van der Waals surface area contributed by atoms with Gasteiger partial charge in [-0.15, -0.1) is 0 Å². The topological polar surface area (TPSA) is 128 Å². The number of nitrogens with zero attached hydrogens (tertiary/aromatic N) is 1. The van der Waals surface area contributed by atoms with Gasteiger partial charge in [-0.25, -0.2) is 4.79 Å². The van der Waals surface area contributed by atoms with Crippen LogP contribution in [-0.2, 0) is 26.9 Å². The third-order valence-corrected chi connectivity index (χ3v) is 7.07. The summed E-state index contributed by atoms with van der Waals surface area (Å²) in [5, 5.41) is 5.94. The smallest absolute Gasteiger partial charge is 0.325 e. The minimum atomic E-state index is -4.12. The molecule has 2 atom stereocenters. The number of rotatable bonds is 12. The van der Waals surface area contributed by atoms with Crippen LogP contribution in [0.25, 0.3) is 0 Å². The van der Waals surface area contributed by atoms with Crippen LogP contribution in [0.4, 0.5) is 4.79 Å². The molecule has 2 aromatic rings. The Morgan fingerprint density at radius 2 is 1.53 bits per heavy atom. The van der Waals surface area contributed by atoms with E-state index in [-0.39, 0.29) is 30.6 Å². The van der Waals surface area contributed by atoms with Crippen LogP contribution in [0.15, 0.2) is 60.7 Å². The molecule has 1 saturated heterocycles. The Labute approximate surface area is 212 Å². The van der Waals surface area contributed by atoms with Gasteiger partial charge < -0.3 is 30.1 Å².